The van der Waals surface area contributed by atoms with Crippen LogP contribution in [0.2, 0.25) is 0 Å². The molecule has 3 nitrogen and oxygen atoms in total. The van der Waals surface area contributed by atoms with Crippen LogP contribution in [0.15, 0.2) is 53.4 Å². The van der Waals surface area contributed by atoms with Crippen molar-refractivity contribution in [2.45, 2.75) is 173 Å². The van der Waals surface area contributed by atoms with E-state index in [9.17, 15) is 4.79 Å². The van der Waals surface area contributed by atoms with Gasteiger partial charge in [0.1, 0.15) is 11.5 Å². The number of unbranched alkanes of at least 4 members (excludes halogenated alkanes) is 20. The number of hydrogen-bond acceptors (Lipinski definition) is 4. The summed E-state index contributed by atoms with van der Waals surface area (Å²) < 4.78 is 11.8. The lowest BCUT2D eigenvalue weighted by atomic mass is 10.0. The molecule has 0 aliphatic carbocycles. The van der Waals surface area contributed by atoms with Gasteiger partial charge in [0.2, 0.25) is 0 Å². The maximum absolute atomic E-state index is 13.1. The Kier molecular flexibility index (Phi) is 26.0. The summed E-state index contributed by atoms with van der Waals surface area (Å²) >= 11 is 1.94. The highest BCUT2D eigenvalue weighted by Gasteiger charge is 2.09. The van der Waals surface area contributed by atoms with Crippen molar-refractivity contribution < 1.29 is 14.3 Å². The SMILES string of the molecule is CCCCCCCCCCCCCCCCCCCCCSc1ccc(C=CC(=O)c2cc(OCCCC)cc(OCCCC)c2)cc1. The zero-order chi connectivity index (χ0) is 34.3. The van der Waals surface area contributed by atoms with Crippen molar-refractivity contribution in [3.63, 3.8) is 0 Å². The molecule has 2 aromatic carbocycles. The van der Waals surface area contributed by atoms with Crippen LogP contribution in [-0.4, -0.2) is 24.7 Å². The Bertz CT molecular complexity index is 1050. The Morgan fingerprint density at radius 2 is 0.958 bits per heavy atom. The molecule has 0 N–H and O–H groups in total. The smallest absolute Gasteiger partial charge is 0.186 e. The predicted molar refractivity (Wildman–Crippen MR) is 211 cm³/mol. The van der Waals surface area contributed by atoms with E-state index in [0.717, 1.165) is 31.2 Å². The molecule has 0 bridgehead atoms. The fourth-order valence-corrected chi connectivity index (χ4v) is 6.78. The molecular weight excluding hydrogens is 609 g/mol. The second kappa shape index (κ2) is 29.7. The molecule has 2 aromatic rings. The second-order valence-electron chi connectivity index (χ2n) is 13.6. The number of carbonyl (C=O) groups is 1. The third-order valence-corrected chi connectivity index (χ3v) is 10.1. The van der Waals surface area contributed by atoms with Crippen molar-refractivity contribution in [2.24, 2.45) is 0 Å². The quantitative estimate of drug-likeness (QED) is 0.0334. The van der Waals surface area contributed by atoms with E-state index in [-0.39, 0.29) is 5.78 Å². The topological polar surface area (TPSA) is 35.5 Å². The van der Waals surface area contributed by atoms with E-state index < -0.39 is 0 Å². The summed E-state index contributed by atoms with van der Waals surface area (Å²) in [5.41, 5.74) is 1.63. The number of hydrogen-bond donors (Lipinski definition) is 0. The number of rotatable bonds is 32. The number of carbonyl (C=O) groups excluding carboxylic acids is 1. The van der Waals surface area contributed by atoms with Gasteiger partial charge in [-0.15, -0.1) is 11.8 Å². The van der Waals surface area contributed by atoms with Gasteiger partial charge in [0.15, 0.2) is 5.78 Å². The molecule has 0 aliphatic heterocycles. The van der Waals surface area contributed by atoms with Gasteiger partial charge in [-0.25, -0.2) is 0 Å². The van der Waals surface area contributed by atoms with Crippen LogP contribution < -0.4 is 9.47 Å². The summed E-state index contributed by atoms with van der Waals surface area (Å²) in [5.74, 6) is 2.52. The van der Waals surface area contributed by atoms with Gasteiger partial charge in [-0.05, 0) is 60.9 Å². The number of ether oxygens (including phenoxy) is 2. The lowest BCUT2D eigenvalue weighted by molar-refractivity contribution is 0.104. The van der Waals surface area contributed by atoms with Crippen LogP contribution in [0.25, 0.3) is 6.08 Å². The van der Waals surface area contributed by atoms with Gasteiger partial charge in [0, 0.05) is 16.5 Å². The molecule has 0 saturated heterocycles. The van der Waals surface area contributed by atoms with Crippen LogP contribution in [0.5, 0.6) is 11.5 Å². The summed E-state index contributed by atoms with van der Waals surface area (Å²) in [6, 6.07) is 14.1. The fraction of sp³-hybridized carbons (Fsp3) is 0.659. The monoisotopic (exact) mass is 679 g/mol. The first-order chi connectivity index (χ1) is 23.7. The molecule has 0 saturated carbocycles. The number of allylic oxidation sites excluding steroid dienone is 1. The van der Waals surface area contributed by atoms with Gasteiger partial charge in [-0.2, -0.15) is 0 Å². The molecule has 0 aromatic heterocycles. The molecule has 4 heteroatoms. The van der Waals surface area contributed by atoms with Gasteiger partial charge in [0.25, 0.3) is 0 Å². The van der Waals surface area contributed by atoms with Gasteiger partial charge >= 0.3 is 0 Å². The molecule has 0 radical (unpaired) electrons. The maximum atomic E-state index is 13.1. The van der Waals surface area contributed by atoms with Gasteiger partial charge in [0.05, 0.1) is 13.2 Å². The van der Waals surface area contributed by atoms with Crippen LogP contribution in [0.1, 0.15) is 184 Å². The van der Waals surface area contributed by atoms with Gasteiger partial charge in [-0.1, -0.05) is 167 Å². The molecule has 0 spiro atoms. The average Bonchev–Trinajstić information content (AvgIpc) is 3.10. The van der Waals surface area contributed by atoms with E-state index in [0.29, 0.717) is 30.3 Å². The predicted octanol–water partition coefficient (Wildman–Crippen LogP) is 14.5. The van der Waals surface area contributed by atoms with Crippen molar-refractivity contribution in [3.05, 3.63) is 59.7 Å². The molecule has 48 heavy (non-hydrogen) atoms. The zero-order valence-electron chi connectivity index (χ0n) is 31.2. The fourth-order valence-electron chi connectivity index (χ4n) is 5.86. The highest BCUT2D eigenvalue weighted by molar-refractivity contribution is 7.99. The summed E-state index contributed by atoms with van der Waals surface area (Å²) in [6.45, 7) is 7.86. The van der Waals surface area contributed by atoms with Crippen LogP contribution >= 0.6 is 11.8 Å². The Labute approximate surface area is 300 Å². The molecular formula is C44H70O3S. The van der Waals surface area contributed by atoms with Crippen LogP contribution in [0.4, 0.5) is 0 Å². The maximum Gasteiger partial charge on any atom is 0.186 e. The normalized spacial score (nSPS) is 11.4. The lowest BCUT2D eigenvalue weighted by Gasteiger charge is -2.11. The first-order valence-corrected chi connectivity index (χ1v) is 21.0. The standard InChI is InChI=1S/C44H70O3S/c1-4-7-10-11-12-13-14-15-16-17-18-19-20-21-22-23-24-25-26-35-48-43-30-27-39(28-31-43)29-32-44(45)40-36-41(46-33-8-5-2)38-42(37-40)47-34-9-6-3/h27-32,36-38H,4-26,33-35H2,1-3H3. The summed E-state index contributed by atoms with van der Waals surface area (Å²) in [5, 5.41) is 0. The van der Waals surface area contributed by atoms with Crippen molar-refractivity contribution in [1.82, 2.24) is 0 Å². The van der Waals surface area contributed by atoms with Crippen molar-refractivity contribution in [3.8, 4) is 11.5 Å². The second-order valence-corrected chi connectivity index (χ2v) is 14.7. The Morgan fingerprint density at radius 1 is 0.542 bits per heavy atom. The van der Waals surface area contributed by atoms with Crippen molar-refractivity contribution in [1.29, 1.82) is 0 Å². The molecule has 0 amide bonds. The van der Waals surface area contributed by atoms with E-state index in [4.69, 9.17) is 9.47 Å². The summed E-state index contributed by atoms with van der Waals surface area (Å²) in [6.07, 6.45) is 34.6. The minimum absolute atomic E-state index is 0.0425. The molecule has 0 fully saturated rings. The minimum atomic E-state index is -0.0425. The Morgan fingerprint density at radius 3 is 1.40 bits per heavy atom. The van der Waals surface area contributed by atoms with Crippen LogP contribution in [0.3, 0.4) is 0 Å². The number of thioether (sulfide) groups is 1. The first-order valence-electron chi connectivity index (χ1n) is 20.0. The van der Waals surface area contributed by atoms with E-state index in [1.54, 1.807) is 6.08 Å². The minimum Gasteiger partial charge on any atom is -0.493 e. The number of benzene rings is 2. The lowest BCUT2D eigenvalue weighted by Crippen LogP contribution is -2.03. The van der Waals surface area contributed by atoms with Crippen LogP contribution in [-0.2, 0) is 0 Å². The molecule has 0 heterocycles. The molecule has 0 atom stereocenters. The van der Waals surface area contributed by atoms with E-state index >= 15 is 0 Å². The van der Waals surface area contributed by atoms with Gasteiger partial charge < -0.3 is 9.47 Å². The largest absolute Gasteiger partial charge is 0.493 e. The number of ketones is 1. The van der Waals surface area contributed by atoms with E-state index in [1.807, 2.05) is 36.0 Å². The third-order valence-electron chi connectivity index (χ3n) is 9.02. The summed E-state index contributed by atoms with van der Waals surface area (Å²) in [7, 11) is 0. The van der Waals surface area contributed by atoms with E-state index in [2.05, 4.69) is 45.0 Å². The molecule has 270 valence electrons. The highest BCUT2D eigenvalue weighted by atomic mass is 32.2. The average molecular weight is 679 g/mol. The Hall–Kier alpha value is -2.20. The molecule has 0 aliphatic rings. The van der Waals surface area contributed by atoms with Crippen LogP contribution in [0, 0.1) is 0 Å². The molecule has 0 unspecified atom stereocenters. The van der Waals surface area contributed by atoms with Crippen molar-refractivity contribution >= 4 is 23.6 Å². The highest BCUT2D eigenvalue weighted by Crippen LogP contribution is 2.25. The third kappa shape index (κ3) is 21.7. The zero-order valence-corrected chi connectivity index (χ0v) is 32.0. The first kappa shape index (κ1) is 42.0. The Balaban J connectivity index is 1.54. The van der Waals surface area contributed by atoms with E-state index in [1.165, 1.54) is 133 Å². The molecule has 2 rings (SSSR count). The summed E-state index contributed by atoms with van der Waals surface area (Å²) in [4.78, 5) is 14.3. The van der Waals surface area contributed by atoms with Gasteiger partial charge in [-0.3, -0.25) is 4.79 Å². The van der Waals surface area contributed by atoms with Crippen molar-refractivity contribution in [2.75, 3.05) is 19.0 Å².